The average molecular weight is 443 g/mol. The van der Waals surface area contributed by atoms with E-state index in [1.807, 2.05) is 30.3 Å². The zero-order valence-electron chi connectivity index (χ0n) is 7.88. The summed E-state index contributed by atoms with van der Waals surface area (Å²) < 4.78 is 59.2. The summed E-state index contributed by atoms with van der Waals surface area (Å²) in [7, 11) is -10.7. The Morgan fingerprint density at radius 2 is 1.19 bits per heavy atom. The Bertz CT molecular complexity index is 267. The molecule has 0 fully saturated rings. The third-order valence-electron chi connectivity index (χ3n) is 0.556. The van der Waals surface area contributed by atoms with Gasteiger partial charge in [0.2, 0.25) is 0 Å². The fourth-order valence-corrected chi connectivity index (χ4v) is 0.321. The molecule has 0 aliphatic heterocycles. The largest absolute Gasteiger partial charge is 0.214 e. The van der Waals surface area contributed by atoms with Crippen molar-refractivity contribution in [2.75, 3.05) is 0 Å². The van der Waals surface area contributed by atoms with Gasteiger partial charge in [0.25, 0.3) is 0 Å². The van der Waals surface area contributed by atoms with Crippen LogP contribution in [-0.2, 0) is 20.1 Å². The van der Waals surface area contributed by atoms with Gasteiger partial charge in [0.1, 0.15) is 0 Å². The van der Waals surface area contributed by atoms with E-state index < -0.39 is 7.81 Å². The van der Waals surface area contributed by atoms with Crippen LogP contribution in [0.2, 0.25) is 0 Å². The SMILES string of the molecule is CC#N.F[P-](F)(F)(F)(F)F.[Ir].c1cc[cH-]c1. The van der Waals surface area contributed by atoms with Crippen molar-refractivity contribution in [3.05, 3.63) is 30.3 Å². The quantitative estimate of drug-likeness (QED) is 0.303. The van der Waals surface area contributed by atoms with Crippen molar-refractivity contribution in [2.45, 2.75) is 6.92 Å². The minimum absolute atomic E-state index is 0. The fraction of sp³-hybridized carbons (Fsp3) is 0.143. The van der Waals surface area contributed by atoms with E-state index in [0.29, 0.717) is 0 Å². The first-order chi connectivity index (χ1) is 6.36. The molecular weight excluding hydrogens is 435 g/mol. The van der Waals surface area contributed by atoms with Gasteiger partial charge in [0.15, 0.2) is 0 Å². The van der Waals surface area contributed by atoms with Gasteiger partial charge in [-0.15, -0.1) is 0 Å². The summed E-state index contributed by atoms with van der Waals surface area (Å²) in [6, 6.07) is 11.8. The van der Waals surface area contributed by atoms with Crippen molar-refractivity contribution >= 4 is 7.81 Å². The van der Waals surface area contributed by atoms with E-state index in [1.165, 1.54) is 6.92 Å². The number of rotatable bonds is 0. The predicted molar refractivity (Wildman–Crippen MR) is 46.9 cm³/mol. The number of nitrogens with zero attached hydrogens (tertiary/aromatic N) is 1. The summed E-state index contributed by atoms with van der Waals surface area (Å²) >= 11 is 0. The molecule has 16 heavy (non-hydrogen) atoms. The molecule has 99 valence electrons. The number of hydrogen-bond donors (Lipinski definition) is 0. The van der Waals surface area contributed by atoms with Crippen LogP contribution in [0.15, 0.2) is 30.3 Å². The Morgan fingerprint density at radius 1 is 1.00 bits per heavy atom. The van der Waals surface area contributed by atoms with Gasteiger partial charge in [0.05, 0.1) is 6.07 Å². The molecule has 9 heteroatoms. The van der Waals surface area contributed by atoms with Crippen LogP contribution < -0.4 is 0 Å². The molecule has 0 N–H and O–H groups in total. The van der Waals surface area contributed by atoms with E-state index in [0.717, 1.165) is 0 Å². The molecule has 0 amide bonds. The predicted octanol–water partition coefficient (Wildman–Crippen LogP) is 5.32. The molecule has 1 nitrogen and oxygen atoms in total. The summed E-state index contributed by atoms with van der Waals surface area (Å²) in [6.45, 7) is 1.43. The van der Waals surface area contributed by atoms with E-state index in [1.54, 1.807) is 6.07 Å². The van der Waals surface area contributed by atoms with Gasteiger partial charge in [0, 0.05) is 27.0 Å². The van der Waals surface area contributed by atoms with E-state index in [9.17, 15) is 25.2 Å². The zero-order valence-corrected chi connectivity index (χ0v) is 11.2. The van der Waals surface area contributed by atoms with Crippen LogP contribution in [0, 0.1) is 11.3 Å². The van der Waals surface area contributed by atoms with Crippen LogP contribution in [0.1, 0.15) is 6.92 Å². The fourth-order valence-electron chi connectivity index (χ4n) is 0.321. The standard InChI is InChI=1S/C5H5.C2H3N.F6P.Ir/c1-2-4-5-3-1;1-2-3;1-7(2,3,4,5)6;/h1-5H;1H3;;/q-1;;-1;. The van der Waals surface area contributed by atoms with Crippen molar-refractivity contribution in [1.29, 1.82) is 5.26 Å². The summed E-state index contributed by atoms with van der Waals surface area (Å²) in [4.78, 5) is 0. The maximum absolute atomic E-state index is 10.7. The molecule has 1 aromatic carbocycles. The topological polar surface area (TPSA) is 23.8 Å². The average Bonchev–Trinajstić information content (AvgIpc) is 2.32. The van der Waals surface area contributed by atoms with Gasteiger partial charge in [-0.25, -0.2) is 12.1 Å². The van der Waals surface area contributed by atoms with Crippen LogP contribution in [0.4, 0.5) is 25.2 Å². The summed E-state index contributed by atoms with van der Waals surface area (Å²) in [6.07, 6.45) is 0. The first-order valence-corrected chi connectivity index (χ1v) is 5.43. The molecular formula is C7H8F6IrNP-2. The van der Waals surface area contributed by atoms with Gasteiger partial charge < -0.3 is 0 Å². The second-order valence-electron chi connectivity index (χ2n) is 2.14. The van der Waals surface area contributed by atoms with Crippen molar-refractivity contribution in [2.24, 2.45) is 0 Å². The van der Waals surface area contributed by atoms with Gasteiger partial charge in [-0.1, -0.05) is 0 Å². The molecule has 0 bridgehead atoms. The Kier molecular flexibility index (Phi) is 8.20. The van der Waals surface area contributed by atoms with E-state index in [4.69, 9.17) is 5.26 Å². The van der Waals surface area contributed by atoms with Crippen molar-refractivity contribution in [1.82, 2.24) is 0 Å². The normalized spacial score (nSPS) is 13.1. The smallest absolute Gasteiger partial charge is 0 e. The second kappa shape index (κ2) is 6.29. The van der Waals surface area contributed by atoms with Gasteiger partial charge in [-0.05, 0) is 0 Å². The zero-order chi connectivity index (χ0) is 12.7. The monoisotopic (exact) mass is 444 g/mol. The van der Waals surface area contributed by atoms with E-state index >= 15 is 0 Å². The Hall–Kier alpha value is -0.501. The van der Waals surface area contributed by atoms with Crippen LogP contribution >= 0.6 is 7.81 Å². The molecule has 0 saturated heterocycles. The number of halogens is 6. The summed E-state index contributed by atoms with van der Waals surface area (Å²) in [5.74, 6) is 0. The minimum atomic E-state index is -10.7. The molecule has 0 spiro atoms. The van der Waals surface area contributed by atoms with Crippen LogP contribution in [0.3, 0.4) is 0 Å². The molecule has 0 unspecified atom stereocenters. The molecule has 0 aliphatic rings. The molecule has 0 aliphatic carbocycles. The third-order valence-corrected chi connectivity index (χ3v) is 0.556. The van der Waals surface area contributed by atoms with Crippen LogP contribution in [-0.4, -0.2) is 0 Å². The maximum atomic E-state index is 9.87. The number of nitriles is 1. The molecule has 1 radical (unpaired) electrons. The maximum Gasteiger partial charge on any atom is 0 e. The summed E-state index contributed by atoms with van der Waals surface area (Å²) in [5.41, 5.74) is 0. The number of hydrogen-bond acceptors (Lipinski definition) is 1. The van der Waals surface area contributed by atoms with Gasteiger partial charge in [-0.2, -0.15) is 23.5 Å². The van der Waals surface area contributed by atoms with E-state index in [2.05, 4.69) is 0 Å². The molecule has 1 aromatic rings. The van der Waals surface area contributed by atoms with Crippen molar-refractivity contribution < 1.29 is 45.3 Å². The van der Waals surface area contributed by atoms with Crippen LogP contribution in [0.5, 0.6) is 0 Å². The Morgan fingerprint density at radius 3 is 1.25 bits per heavy atom. The first kappa shape index (κ1) is 20.9. The van der Waals surface area contributed by atoms with E-state index in [-0.39, 0.29) is 20.1 Å². The first-order valence-electron chi connectivity index (χ1n) is 3.40. The minimum Gasteiger partial charge on any atom is -0.214 e. The molecule has 0 aromatic heterocycles. The van der Waals surface area contributed by atoms with Crippen LogP contribution in [0.25, 0.3) is 0 Å². The molecule has 0 saturated carbocycles. The van der Waals surface area contributed by atoms with Gasteiger partial charge >= 0.3 is 33.0 Å². The Balaban J connectivity index is -0.000000166. The molecule has 1 rings (SSSR count). The molecule has 0 atom stereocenters. The van der Waals surface area contributed by atoms with Crippen molar-refractivity contribution in [3.8, 4) is 6.07 Å². The summed E-state index contributed by atoms with van der Waals surface area (Å²) in [5, 5.41) is 7.32. The molecule has 0 heterocycles. The third kappa shape index (κ3) is 104. The van der Waals surface area contributed by atoms with Gasteiger partial charge in [-0.3, -0.25) is 0 Å². The Labute approximate surface area is 102 Å². The second-order valence-corrected chi connectivity index (χ2v) is 4.06. The van der Waals surface area contributed by atoms with Crippen molar-refractivity contribution in [3.63, 3.8) is 0 Å².